The number of ether oxygens (including phenoxy) is 2. The van der Waals surface area contributed by atoms with Crippen molar-refractivity contribution in [1.82, 2.24) is 10.6 Å². The van der Waals surface area contributed by atoms with E-state index in [-0.39, 0.29) is 18.2 Å². The van der Waals surface area contributed by atoms with E-state index >= 15 is 0 Å². The minimum Gasteiger partial charge on any atom is -0.452 e. The third-order valence-corrected chi connectivity index (χ3v) is 2.68. The quantitative estimate of drug-likeness (QED) is 0.510. The molecule has 25 heavy (non-hydrogen) atoms. The molecular formula is C16H18F2N2O5. The maximum atomic E-state index is 12.0. The normalized spacial score (nSPS) is 10.6. The smallest absolute Gasteiger partial charge is 0.387 e. The van der Waals surface area contributed by atoms with Crippen molar-refractivity contribution in [1.29, 1.82) is 0 Å². The third kappa shape index (κ3) is 9.04. The summed E-state index contributed by atoms with van der Waals surface area (Å²) in [5.74, 6) is -1.72. The molecule has 0 unspecified atom stereocenters. The molecule has 1 rings (SSSR count). The number of nitrogens with one attached hydrogen (secondary N) is 2. The van der Waals surface area contributed by atoms with Gasteiger partial charge in [-0.1, -0.05) is 12.1 Å². The Morgan fingerprint density at radius 3 is 2.40 bits per heavy atom. The lowest BCUT2D eigenvalue weighted by Crippen LogP contribution is -2.38. The van der Waals surface area contributed by atoms with E-state index in [1.54, 1.807) is 6.92 Å². The van der Waals surface area contributed by atoms with Gasteiger partial charge in [-0.15, -0.1) is 0 Å². The van der Waals surface area contributed by atoms with E-state index in [1.807, 2.05) is 0 Å². The van der Waals surface area contributed by atoms with E-state index < -0.39 is 25.1 Å². The molecule has 0 aliphatic heterocycles. The fourth-order valence-corrected chi connectivity index (χ4v) is 1.60. The minimum atomic E-state index is -2.91. The SMILES string of the molecule is CCNC(=O)CNC(=O)COC(=O)/C=C/c1ccc(OC(F)F)cc1. The lowest BCUT2D eigenvalue weighted by molar-refractivity contribution is -0.143. The summed E-state index contributed by atoms with van der Waals surface area (Å²) >= 11 is 0. The van der Waals surface area contributed by atoms with E-state index in [0.29, 0.717) is 12.1 Å². The Morgan fingerprint density at radius 1 is 1.12 bits per heavy atom. The Balaban J connectivity index is 2.34. The number of rotatable bonds is 9. The lowest BCUT2D eigenvalue weighted by Gasteiger charge is -2.05. The van der Waals surface area contributed by atoms with Gasteiger partial charge in [-0.25, -0.2) is 4.79 Å². The van der Waals surface area contributed by atoms with Gasteiger partial charge in [0.05, 0.1) is 6.54 Å². The summed E-state index contributed by atoms with van der Waals surface area (Å²) in [4.78, 5) is 34.0. The summed E-state index contributed by atoms with van der Waals surface area (Å²) in [6, 6.07) is 5.60. The molecule has 0 saturated heterocycles. The van der Waals surface area contributed by atoms with Crippen LogP contribution in [0.1, 0.15) is 12.5 Å². The predicted octanol–water partition coefficient (Wildman–Crippen LogP) is 1.10. The Morgan fingerprint density at radius 2 is 1.80 bits per heavy atom. The third-order valence-electron chi connectivity index (χ3n) is 2.68. The van der Waals surface area contributed by atoms with E-state index in [0.717, 1.165) is 6.08 Å². The van der Waals surface area contributed by atoms with E-state index in [9.17, 15) is 23.2 Å². The molecule has 0 radical (unpaired) electrons. The molecule has 0 atom stereocenters. The predicted molar refractivity (Wildman–Crippen MR) is 84.8 cm³/mol. The van der Waals surface area contributed by atoms with Crippen LogP contribution in [-0.4, -0.2) is 44.1 Å². The topological polar surface area (TPSA) is 93.7 Å². The lowest BCUT2D eigenvalue weighted by atomic mass is 10.2. The fourth-order valence-electron chi connectivity index (χ4n) is 1.60. The zero-order valence-electron chi connectivity index (χ0n) is 13.5. The number of alkyl halides is 2. The average molecular weight is 356 g/mol. The van der Waals surface area contributed by atoms with Crippen LogP contribution in [0.2, 0.25) is 0 Å². The summed E-state index contributed by atoms with van der Waals surface area (Å²) in [5.41, 5.74) is 0.555. The van der Waals surface area contributed by atoms with E-state index in [4.69, 9.17) is 4.74 Å². The van der Waals surface area contributed by atoms with Crippen molar-refractivity contribution >= 4 is 23.9 Å². The highest BCUT2D eigenvalue weighted by molar-refractivity contribution is 5.90. The van der Waals surface area contributed by atoms with Crippen LogP contribution in [0.5, 0.6) is 5.75 Å². The molecule has 1 aromatic carbocycles. The van der Waals surface area contributed by atoms with E-state index in [1.165, 1.54) is 30.3 Å². The molecule has 0 fully saturated rings. The second-order valence-corrected chi connectivity index (χ2v) is 4.62. The fraction of sp³-hybridized carbons (Fsp3) is 0.312. The Bertz CT molecular complexity index is 617. The van der Waals surface area contributed by atoms with Gasteiger partial charge in [0.1, 0.15) is 5.75 Å². The molecule has 1 aromatic rings. The number of carbonyl (C=O) groups is 3. The number of carbonyl (C=O) groups excluding carboxylic acids is 3. The number of hydrogen-bond donors (Lipinski definition) is 2. The second kappa shape index (κ2) is 10.7. The molecule has 0 saturated carbocycles. The van der Waals surface area contributed by atoms with Crippen molar-refractivity contribution in [2.75, 3.05) is 19.7 Å². The largest absolute Gasteiger partial charge is 0.452 e. The summed E-state index contributed by atoms with van der Waals surface area (Å²) < 4.78 is 32.9. The second-order valence-electron chi connectivity index (χ2n) is 4.62. The summed E-state index contributed by atoms with van der Waals surface area (Å²) in [7, 11) is 0. The summed E-state index contributed by atoms with van der Waals surface area (Å²) in [6.07, 6.45) is 2.47. The molecule has 0 bridgehead atoms. The summed E-state index contributed by atoms with van der Waals surface area (Å²) in [5, 5.41) is 4.79. The number of hydrogen-bond acceptors (Lipinski definition) is 5. The van der Waals surface area contributed by atoms with Crippen LogP contribution >= 0.6 is 0 Å². The first-order valence-corrected chi connectivity index (χ1v) is 7.33. The molecule has 0 aliphatic rings. The molecule has 0 aliphatic carbocycles. The van der Waals surface area contributed by atoms with Crippen molar-refractivity contribution in [2.45, 2.75) is 13.5 Å². The molecular weight excluding hydrogens is 338 g/mol. The number of halogens is 2. The average Bonchev–Trinajstić information content (AvgIpc) is 2.57. The molecule has 7 nitrogen and oxygen atoms in total. The Hall–Kier alpha value is -2.97. The van der Waals surface area contributed by atoms with Crippen molar-refractivity contribution < 1.29 is 32.6 Å². The molecule has 136 valence electrons. The molecule has 0 heterocycles. The Kier molecular flexibility index (Phi) is 8.62. The van der Waals surface area contributed by atoms with Gasteiger partial charge in [0, 0.05) is 12.6 Å². The number of benzene rings is 1. The van der Waals surface area contributed by atoms with Crippen LogP contribution in [-0.2, 0) is 19.1 Å². The molecule has 0 aromatic heterocycles. The van der Waals surface area contributed by atoms with Gasteiger partial charge in [-0.05, 0) is 30.7 Å². The summed E-state index contributed by atoms with van der Waals surface area (Å²) in [6.45, 7) is -1.44. The highest BCUT2D eigenvalue weighted by atomic mass is 19.3. The standard InChI is InChI=1S/C16H18F2N2O5/c1-2-19-13(21)9-20-14(22)10-24-15(23)8-5-11-3-6-12(7-4-11)25-16(17)18/h3-8,16H,2,9-10H2,1H3,(H,19,21)(H,20,22)/b8-5+. The first-order chi connectivity index (χ1) is 11.9. The monoisotopic (exact) mass is 356 g/mol. The zero-order chi connectivity index (χ0) is 18.7. The van der Waals surface area contributed by atoms with Crippen LogP contribution in [0, 0.1) is 0 Å². The molecule has 0 spiro atoms. The molecule has 9 heteroatoms. The van der Waals surface area contributed by atoms with Gasteiger partial charge >= 0.3 is 12.6 Å². The van der Waals surface area contributed by atoms with Crippen LogP contribution in [0.4, 0.5) is 8.78 Å². The number of likely N-dealkylation sites (N-methyl/N-ethyl adjacent to an activating group) is 1. The van der Waals surface area contributed by atoms with Gasteiger partial charge < -0.3 is 20.1 Å². The number of amides is 2. The van der Waals surface area contributed by atoms with Crippen molar-refractivity contribution in [3.8, 4) is 5.75 Å². The zero-order valence-corrected chi connectivity index (χ0v) is 13.5. The minimum absolute atomic E-state index is 0.00138. The first-order valence-electron chi connectivity index (χ1n) is 7.33. The van der Waals surface area contributed by atoms with Gasteiger partial charge in [-0.2, -0.15) is 8.78 Å². The maximum absolute atomic E-state index is 12.0. The van der Waals surface area contributed by atoms with Gasteiger partial charge in [-0.3, -0.25) is 9.59 Å². The van der Waals surface area contributed by atoms with Crippen LogP contribution < -0.4 is 15.4 Å². The van der Waals surface area contributed by atoms with Crippen molar-refractivity contribution in [3.05, 3.63) is 35.9 Å². The van der Waals surface area contributed by atoms with Crippen molar-refractivity contribution in [2.24, 2.45) is 0 Å². The molecule has 2 amide bonds. The first kappa shape index (κ1) is 20.1. The number of esters is 1. The highest BCUT2D eigenvalue weighted by Crippen LogP contribution is 2.15. The Labute approximate surface area is 143 Å². The van der Waals surface area contributed by atoms with Gasteiger partial charge in [0.15, 0.2) is 6.61 Å². The maximum Gasteiger partial charge on any atom is 0.387 e. The van der Waals surface area contributed by atoms with Gasteiger partial charge in [0.2, 0.25) is 5.91 Å². The molecule has 2 N–H and O–H groups in total. The van der Waals surface area contributed by atoms with Gasteiger partial charge in [0.25, 0.3) is 5.91 Å². The van der Waals surface area contributed by atoms with Crippen LogP contribution in [0.3, 0.4) is 0 Å². The highest BCUT2D eigenvalue weighted by Gasteiger charge is 2.07. The van der Waals surface area contributed by atoms with Crippen molar-refractivity contribution in [3.63, 3.8) is 0 Å². The van der Waals surface area contributed by atoms with Crippen LogP contribution in [0.15, 0.2) is 30.3 Å². The van der Waals surface area contributed by atoms with Crippen LogP contribution in [0.25, 0.3) is 6.08 Å². The van der Waals surface area contributed by atoms with E-state index in [2.05, 4.69) is 15.4 Å².